The lowest BCUT2D eigenvalue weighted by Gasteiger charge is -2.30. The molecule has 0 aliphatic carbocycles. The fourth-order valence-corrected chi connectivity index (χ4v) is 5.15. The van der Waals surface area contributed by atoms with Gasteiger partial charge in [-0.1, -0.05) is 12.1 Å². The number of nitrogens with zero attached hydrogens (tertiary/aromatic N) is 1. The second kappa shape index (κ2) is 11.9. The molecule has 1 aromatic heterocycles. The first-order valence-electron chi connectivity index (χ1n) is 12.0. The lowest BCUT2D eigenvalue weighted by atomic mass is 10.1. The van der Waals surface area contributed by atoms with Crippen molar-refractivity contribution in [2.24, 2.45) is 0 Å². The van der Waals surface area contributed by atoms with E-state index in [0.717, 1.165) is 29.5 Å². The number of benzene rings is 2. The van der Waals surface area contributed by atoms with E-state index < -0.39 is 6.04 Å². The van der Waals surface area contributed by atoms with E-state index in [9.17, 15) is 9.59 Å². The summed E-state index contributed by atoms with van der Waals surface area (Å²) in [7, 11) is 3.23. The third kappa shape index (κ3) is 6.18. The fraction of sp³-hybridized carbons (Fsp3) is 0.357. The summed E-state index contributed by atoms with van der Waals surface area (Å²) in [6.07, 6.45) is 2.49. The Bertz CT molecular complexity index is 1170. The molecule has 0 radical (unpaired) electrons. The summed E-state index contributed by atoms with van der Waals surface area (Å²) in [4.78, 5) is 28.8. The minimum Gasteiger partial charge on any atom is -0.497 e. The Balaban J connectivity index is 1.48. The molecule has 4 rings (SSSR count). The normalized spacial score (nSPS) is 15.5. The molecule has 0 saturated carbocycles. The van der Waals surface area contributed by atoms with E-state index >= 15 is 0 Å². The third-order valence-electron chi connectivity index (χ3n) is 6.29. The summed E-state index contributed by atoms with van der Waals surface area (Å²) in [6, 6.07) is 14.7. The van der Waals surface area contributed by atoms with Gasteiger partial charge in [0.25, 0.3) is 5.91 Å². The highest BCUT2D eigenvalue weighted by Crippen LogP contribution is 2.26. The van der Waals surface area contributed by atoms with Crippen molar-refractivity contribution in [1.29, 1.82) is 0 Å². The standard InChI is InChI=1S/C28H32N2O5S/c1-19-11-13-36-26(19)28(32)30(25-6-4-5-12-29-27(25)31)17-20-7-9-22(10-8-20)35-18-21-14-23(33-2)16-24(15-21)34-3/h7-11,13-16,25H,4-6,12,17-18H2,1-3H3,(H,29,31)/t25-/m0/s1. The molecule has 1 N–H and O–H groups in total. The summed E-state index contributed by atoms with van der Waals surface area (Å²) in [5, 5.41) is 4.88. The van der Waals surface area contributed by atoms with E-state index in [-0.39, 0.29) is 11.8 Å². The maximum absolute atomic E-state index is 13.5. The molecule has 0 spiro atoms. The molecule has 2 amide bonds. The van der Waals surface area contributed by atoms with Gasteiger partial charge in [0.15, 0.2) is 0 Å². The zero-order chi connectivity index (χ0) is 25.5. The molecule has 8 heteroatoms. The molecular weight excluding hydrogens is 476 g/mol. The predicted octanol–water partition coefficient (Wildman–Crippen LogP) is 4.96. The molecule has 36 heavy (non-hydrogen) atoms. The van der Waals surface area contributed by atoms with Crippen LogP contribution in [0.15, 0.2) is 53.9 Å². The number of carbonyl (C=O) groups is 2. The Kier molecular flexibility index (Phi) is 8.48. The van der Waals surface area contributed by atoms with E-state index in [1.807, 2.05) is 60.8 Å². The van der Waals surface area contributed by atoms with Gasteiger partial charge in [0.2, 0.25) is 5.91 Å². The molecule has 0 unspecified atom stereocenters. The van der Waals surface area contributed by atoms with E-state index in [0.29, 0.717) is 48.2 Å². The maximum atomic E-state index is 13.5. The van der Waals surface area contributed by atoms with Crippen molar-refractivity contribution in [1.82, 2.24) is 10.2 Å². The van der Waals surface area contributed by atoms with Crippen molar-refractivity contribution in [3.63, 3.8) is 0 Å². The van der Waals surface area contributed by atoms with Gasteiger partial charge in [-0.15, -0.1) is 11.3 Å². The molecule has 0 bridgehead atoms. The Morgan fingerprint density at radius 3 is 2.36 bits per heavy atom. The Morgan fingerprint density at radius 2 is 1.72 bits per heavy atom. The van der Waals surface area contributed by atoms with Gasteiger partial charge < -0.3 is 24.4 Å². The third-order valence-corrected chi connectivity index (χ3v) is 7.30. The molecule has 190 valence electrons. The zero-order valence-corrected chi connectivity index (χ0v) is 21.7. The van der Waals surface area contributed by atoms with Crippen molar-refractivity contribution in [3.8, 4) is 17.2 Å². The van der Waals surface area contributed by atoms with Gasteiger partial charge in [0.1, 0.15) is 29.9 Å². The number of ether oxygens (including phenoxy) is 3. The predicted molar refractivity (Wildman–Crippen MR) is 140 cm³/mol. The first-order chi connectivity index (χ1) is 17.5. The number of rotatable bonds is 9. The number of amides is 2. The Morgan fingerprint density at radius 1 is 1.00 bits per heavy atom. The van der Waals surface area contributed by atoms with E-state index in [1.54, 1.807) is 19.1 Å². The van der Waals surface area contributed by atoms with Crippen molar-refractivity contribution in [2.75, 3.05) is 20.8 Å². The number of nitrogens with one attached hydrogen (secondary N) is 1. The zero-order valence-electron chi connectivity index (χ0n) is 20.9. The molecule has 1 atom stereocenters. The maximum Gasteiger partial charge on any atom is 0.265 e. The summed E-state index contributed by atoms with van der Waals surface area (Å²) in [6.45, 7) is 3.29. The topological polar surface area (TPSA) is 77.1 Å². The van der Waals surface area contributed by atoms with Crippen molar-refractivity contribution < 1.29 is 23.8 Å². The number of thiophene rings is 1. The van der Waals surface area contributed by atoms with E-state index in [2.05, 4.69) is 5.32 Å². The van der Waals surface area contributed by atoms with Crippen molar-refractivity contribution >= 4 is 23.2 Å². The van der Waals surface area contributed by atoms with Crippen molar-refractivity contribution in [3.05, 3.63) is 75.5 Å². The molecule has 3 aromatic rings. The number of hydrogen-bond acceptors (Lipinski definition) is 6. The second-order valence-electron chi connectivity index (χ2n) is 8.82. The average molecular weight is 509 g/mol. The minimum absolute atomic E-state index is 0.0799. The van der Waals surface area contributed by atoms with Gasteiger partial charge in [-0.05, 0) is 78.6 Å². The number of carbonyl (C=O) groups excluding carboxylic acids is 2. The molecule has 1 aliphatic rings. The van der Waals surface area contributed by atoms with Crippen LogP contribution in [0, 0.1) is 6.92 Å². The van der Waals surface area contributed by atoms with Crippen LogP contribution >= 0.6 is 11.3 Å². The largest absolute Gasteiger partial charge is 0.497 e. The lowest BCUT2D eigenvalue weighted by Crippen LogP contribution is -2.48. The smallest absolute Gasteiger partial charge is 0.265 e. The van der Waals surface area contributed by atoms with Crippen LogP contribution in [-0.4, -0.2) is 43.5 Å². The molecule has 1 fully saturated rings. The minimum atomic E-state index is -0.486. The van der Waals surface area contributed by atoms with Crippen LogP contribution in [0.1, 0.15) is 45.6 Å². The highest BCUT2D eigenvalue weighted by Gasteiger charge is 2.32. The van der Waals surface area contributed by atoms with Gasteiger partial charge in [-0.3, -0.25) is 9.59 Å². The van der Waals surface area contributed by atoms with Gasteiger partial charge in [0.05, 0.1) is 19.1 Å². The highest BCUT2D eigenvalue weighted by atomic mass is 32.1. The van der Waals surface area contributed by atoms with Crippen LogP contribution < -0.4 is 19.5 Å². The molecular formula is C28H32N2O5S. The van der Waals surface area contributed by atoms with Crippen LogP contribution in [0.25, 0.3) is 0 Å². The first-order valence-corrected chi connectivity index (χ1v) is 12.9. The quantitative estimate of drug-likeness (QED) is 0.442. The lowest BCUT2D eigenvalue weighted by molar-refractivity contribution is -0.125. The fourth-order valence-electron chi connectivity index (χ4n) is 4.27. The van der Waals surface area contributed by atoms with E-state index in [4.69, 9.17) is 14.2 Å². The monoisotopic (exact) mass is 508 g/mol. The van der Waals surface area contributed by atoms with Crippen molar-refractivity contribution in [2.45, 2.75) is 45.4 Å². The second-order valence-corrected chi connectivity index (χ2v) is 9.74. The Labute approximate surface area is 216 Å². The summed E-state index contributed by atoms with van der Waals surface area (Å²) < 4.78 is 16.6. The summed E-state index contributed by atoms with van der Waals surface area (Å²) >= 11 is 1.42. The molecule has 1 saturated heterocycles. The molecule has 1 aliphatic heterocycles. The molecule has 2 aromatic carbocycles. The van der Waals surface area contributed by atoms with Crippen LogP contribution in [0.5, 0.6) is 17.2 Å². The van der Waals surface area contributed by atoms with Crippen LogP contribution in [-0.2, 0) is 17.9 Å². The average Bonchev–Trinajstić information content (AvgIpc) is 3.22. The van der Waals surface area contributed by atoms with Gasteiger partial charge in [0, 0.05) is 19.2 Å². The number of aryl methyl sites for hydroxylation is 1. The van der Waals surface area contributed by atoms with Gasteiger partial charge in [-0.25, -0.2) is 0 Å². The molecule has 2 heterocycles. The van der Waals surface area contributed by atoms with Crippen LogP contribution in [0.3, 0.4) is 0 Å². The number of hydrogen-bond donors (Lipinski definition) is 1. The van der Waals surface area contributed by atoms with E-state index in [1.165, 1.54) is 11.3 Å². The van der Waals surface area contributed by atoms with Gasteiger partial charge in [-0.2, -0.15) is 0 Å². The summed E-state index contributed by atoms with van der Waals surface area (Å²) in [5.41, 5.74) is 2.80. The Hall–Kier alpha value is -3.52. The van der Waals surface area contributed by atoms with Crippen LogP contribution in [0.4, 0.5) is 0 Å². The molecule has 7 nitrogen and oxygen atoms in total. The first kappa shape index (κ1) is 25.6. The number of methoxy groups -OCH3 is 2. The SMILES string of the molecule is COc1cc(COc2ccc(CN(C(=O)c3sccc3C)[C@H]3CCCCNC3=O)cc2)cc(OC)c1. The van der Waals surface area contributed by atoms with Crippen LogP contribution in [0.2, 0.25) is 0 Å². The highest BCUT2D eigenvalue weighted by molar-refractivity contribution is 7.12. The van der Waals surface area contributed by atoms with Gasteiger partial charge >= 0.3 is 0 Å². The summed E-state index contributed by atoms with van der Waals surface area (Å²) in [5.74, 6) is 1.94.